The molecular formula is C14H21NO. The number of aryl methyl sites for hydroxylation is 1. The molecule has 1 atom stereocenters. The molecule has 1 unspecified atom stereocenters. The van der Waals surface area contributed by atoms with E-state index < -0.39 is 0 Å². The van der Waals surface area contributed by atoms with Crippen molar-refractivity contribution in [1.29, 1.82) is 0 Å². The number of fused-ring (bicyclic) bond motifs is 1. The van der Waals surface area contributed by atoms with Crippen LogP contribution in [-0.2, 0) is 12.8 Å². The molecule has 1 aliphatic carbocycles. The van der Waals surface area contributed by atoms with Gasteiger partial charge >= 0.3 is 0 Å². The van der Waals surface area contributed by atoms with Gasteiger partial charge in [0, 0.05) is 6.04 Å². The lowest BCUT2D eigenvalue weighted by Crippen LogP contribution is -2.39. The Labute approximate surface area is 97.9 Å². The first kappa shape index (κ1) is 11.5. The molecule has 2 heteroatoms. The Hall–Kier alpha value is -1.02. The SMILES string of the molecule is CCN(CC)C1CCc2ccc(O)cc2C1. The Morgan fingerprint density at radius 2 is 2.00 bits per heavy atom. The molecule has 0 saturated carbocycles. The van der Waals surface area contributed by atoms with Gasteiger partial charge in [-0.15, -0.1) is 0 Å². The molecule has 1 N–H and O–H groups in total. The zero-order valence-electron chi connectivity index (χ0n) is 10.2. The van der Waals surface area contributed by atoms with Crippen LogP contribution in [0.5, 0.6) is 5.75 Å². The molecule has 2 nitrogen and oxygen atoms in total. The third kappa shape index (κ3) is 2.22. The number of phenols is 1. The summed E-state index contributed by atoms with van der Waals surface area (Å²) in [5.41, 5.74) is 2.75. The van der Waals surface area contributed by atoms with Crippen LogP contribution in [0.1, 0.15) is 31.4 Å². The summed E-state index contributed by atoms with van der Waals surface area (Å²) in [6.07, 6.45) is 3.49. The van der Waals surface area contributed by atoms with Gasteiger partial charge in [0.05, 0.1) is 0 Å². The second kappa shape index (κ2) is 4.88. The number of benzene rings is 1. The first-order chi connectivity index (χ1) is 7.74. The molecular weight excluding hydrogens is 198 g/mol. The molecule has 0 heterocycles. The van der Waals surface area contributed by atoms with E-state index in [-0.39, 0.29) is 0 Å². The second-order valence-corrected chi connectivity index (χ2v) is 4.57. The van der Waals surface area contributed by atoms with E-state index in [9.17, 15) is 5.11 Å². The highest BCUT2D eigenvalue weighted by Gasteiger charge is 2.22. The van der Waals surface area contributed by atoms with Crippen molar-refractivity contribution in [2.75, 3.05) is 13.1 Å². The quantitative estimate of drug-likeness (QED) is 0.844. The molecule has 0 aliphatic heterocycles. The van der Waals surface area contributed by atoms with Crippen molar-refractivity contribution in [2.24, 2.45) is 0 Å². The molecule has 0 bridgehead atoms. The Balaban J connectivity index is 2.16. The molecule has 1 aromatic carbocycles. The zero-order valence-corrected chi connectivity index (χ0v) is 10.2. The van der Waals surface area contributed by atoms with Crippen LogP contribution in [0.2, 0.25) is 0 Å². The first-order valence-corrected chi connectivity index (χ1v) is 6.29. The van der Waals surface area contributed by atoms with Crippen LogP contribution >= 0.6 is 0 Å². The van der Waals surface area contributed by atoms with Crippen molar-refractivity contribution in [3.8, 4) is 5.75 Å². The number of likely N-dealkylation sites (N-methyl/N-ethyl adjacent to an activating group) is 1. The molecule has 0 aromatic heterocycles. The van der Waals surface area contributed by atoms with E-state index in [2.05, 4.69) is 24.8 Å². The fraction of sp³-hybridized carbons (Fsp3) is 0.571. The molecule has 2 rings (SSSR count). The maximum atomic E-state index is 9.51. The molecule has 0 fully saturated rings. The van der Waals surface area contributed by atoms with Gasteiger partial charge in [-0.05, 0) is 55.6 Å². The maximum Gasteiger partial charge on any atom is 0.115 e. The molecule has 0 radical (unpaired) electrons. The minimum Gasteiger partial charge on any atom is -0.508 e. The van der Waals surface area contributed by atoms with Crippen molar-refractivity contribution in [3.05, 3.63) is 29.3 Å². The van der Waals surface area contributed by atoms with Gasteiger partial charge in [0.2, 0.25) is 0 Å². The van der Waals surface area contributed by atoms with Gasteiger partial charge in [0.25, 0.3) is 0 Å². The predicted octanol–water partition coefficient (Wildman–Crippen LogP) is 2.59. The average molecular weight is 219 g/mol. The number of aromatic hydroxyl groups is 1. The average Bonchev–Trinajstić information content (AvgIpc) is 2.30. The molecule has 0 spiro atoms. The summed E-state index contributed by atoms with van der Waals surface area (Å²) in [5.74, 6) is 0.402. The molecule has 88 valence electrons. The lowest BCUT2D eigenvalue weighted by Gasteiger charge is -2.33. The summed E-state index contributed by atoms with van der Waals surface area (Å²) in [5, 5.41) is 9.51. The Kier molecular flexibility index (Phi) is 3.49. The molecule has 16 heavy (non-hydrogen) atoms. The number of hydrogen-bond acceptors (Lipinski definition) is 2. The fourth-order valence-corrected chi connectivity index (χ4v) is 2.78. The van der Waals surface area contributed by atoms with Crippen LogP contribution in [0, 0.1) is 0 Å². The highest BCUT2D eigenvalue weighted by Crippen LogP contribution is 2.27. The molecule has 0 saturated heterocycles. The number of nitrogens with zero attached hydrogens (tertiary/aromatic N) is 1. The van der Waals surface area contributed by atoms with Crippen LogP contribution < -0.4 is 0 Å². The van der Waals surface area contributed by atoms with E-state index in [0.717, 1.165) is 25.9 Å². The normalized spacial score (nSPS) is 19.8. The van der Waals surface area contributed by atoms with Crippen molar-refractivity contribution < 1.29 is 5.11 Å². The number of hydrogen-bond donors (Lipinski definition) is 1. The van der Waals surface area contributed by atoms with Gasteiger partial charge in [0.15, 0.2) is 0 Å². The number of phenolic OH excluding ortho intramolecular Hbond substituents is 1. The van der Waals surface area contributed by atoms with Crippen LogP contribution in [0.15, 0.2) is 18.2 Å². The third-order valence-corrected chi connectivity index (χ3v) is 3.72. The highest BCUT2D eigenvalue weighted by atomic mass is 16.3. The van der Waals surface area contributed by atoms with Gasteiger partial charge in [-0.3, -0.25) is 0 Å². The summed E-state index contributed by atoms with van der Waals surface area (Å²) in [6.45, 7) is 6.69. The van der Waals surface area contributed by atoms with Crippen LogP contribution in [-0.4, -0.2) is 29.1 Å². The van der Waals surface area contributed by atoms with E-state index in [1.165, 1.54) is 17.5 Å². The van der Waals surface area contributed by atoms with Crippen molar-refractivity contribution >= 4 is 0 Å². The van der Waals surface area contributed by atoms with Gasteiger partial charge in [-0.1, -0.05) is 19.9 Å². The van der Waals surface area contributed by atoms with Crippen LogP contribution in [0.4, 0.5) is 0 Å². The van der Waals surface area contributed by atoms with Crippen LogP contribution in [0.3, 0.4) is 0 Å². The zero-order chi connectivity index (χ0) is 11.5. The fourth-order valence-electron chi connectivity index (χ4n) is 2.78. The largest absolute Gasteiger partial charge is 0.508 e. The first-order valence-electron chi connectivity index (χ1n) is 6.29. The molecule has 0 amide bonds. The maximum absolute atomic E-state index is 9.51. The predicted molar refractivity (Wildman–Crippen MR) is 66.8 cm³/mol. The standard InChI is InChI=1S/C14H21NO/c1-3-15(4-2)13-7-5-11-6-8-14(16)10-12(11)9-13/h6,8,10,13,16H,3-5,7,9H2,1-2H3. The third-order valence-electron chi connectivity index (χ3n) is 3.72. The summed E-state index contributed by atoms with van der Waals surface area (Å²) in [4.78, 5) is 2.52. The molecule has 1 aromatic rings. The minimum atomic E-state index is 0.402. The van der Waals surface area contributed by atoms with Crippen molar-refractivity contribution in [3.63, 3.8) is 0 Å². The van der Waals surface area contributed by atoms with Gasteiger partial charge in [-0.25, -0.2) is 0 Å². The summed E-state index contributed by atoms with van der Waals surface area (Å²) >= 11 is 0. The Morgan fingerprint density at radius 3 is 2.69 bits per heavy atom. The van der Waals surface area contributed by atoms with E-state index in [0.29, 0.717) is 11.8 Å². The monoisotopic (exact) mass is 219 g/mol. The minimum absolute atomic E-state index is 0.402. The lowest BCUT2D eigenvalue weighted by atomic mass is 9.87. The van der Waals surface area contributed by atoms with Crippen LogP contribution in [0.25, 0.3) is 0 Å². The van der Waals surface area contributed by atoms with Gasteiger partial charge in [0.1, 0.15) is 5.75 Å². The summed E-state index contributed by atoms with van der Waals surface area (Å²) in [7, 11) is 0. The second-order valence-electron chi connectivity index (χ2n) is 4.57. The summed E-state index contributed by atoms with van der Waals surface area (Å²) < 4.78 is 0. The van der Waals surface area contributed by atoms with Crippen molar-refractivity contribution in [2.45, 2.75) is 39.2 Å². The number of rotatable bonds is 3. The summed E-state index contributed by atoms with van der Waals surface area (Å²) in [6, 6.07) is 6.47. The Morgan fingerprint density at radius 1 is 1.25 bits per heavy atom. The van der Waals surface area contributed by atoms with E-state index in [1.807, 2.05) is 6.07 Å². The van der Waals surface area contributed by atoms with Crippen molar-refractivity contribution in [1.82, 2.24) is 4.90 Å². The highest BCUT2D eigenvalue weighted by molar-refractivity contribution is 5.37. The van der Waals surface area contributed by atoms with Gasteiger partial charge in [-0.2, -0.15) is 0 Å². The smallest absolute Gasteiger partial charge is 0.115 e. The van der Waals surface area contributed by atoms with E-state index >= 15 is 0 Å². The van der Waals surface area contributed by atoms with E-state index in [4.69, 9.17) is 0 Å². The van der Waals surface area contributed by atoms with Gasteiger partial charge < -0.3 is 10.0 Å². The lowest BCUT2D eigenvalue weighted by molar-refractivity contribution is 0.198. The topological polar surface area (TPSA) is 23.5 Å². The van der Waals surface area contributed by atoms with E-state index in [1.54, 1.807) is 6.07 Å². The molecule has 1 aliphatic rings. The Bertz CT molecular complexity index is 358.